The Morgan fingerprint density at radius 3 is 2.62 bits per heavy atom. The molecular formula is C13H18N2O. The maximum Gasteiger partial charge on any atom is 0.169 e. The highest BCUT2D eigenvalue weighted by atomic mass is 16.1. The second kappa shape index (κ2) is 4.04. The first-order chi connectivity index (χ1) is 7.84. The topological polar surface area (TPSA) is 34.9 Å². The molecule has 0 amide bonds. The zero-order valence-electron chi connectivity index (χ0n) is 9.56. The van der Waals surface area contributed by atoms with Crippen LogP contribution in [0.1, 0.15) is 61.3 Å². The number of Topliss-reactive ketones (excluding diaryl/α,β-unsaturated/α-hetero) is 1. The van der Waals surface area contributed by atoms with Crippen LogP contribution < -0.4 is 0 Å². The molecule has 0 spiro atoms. The van der Waals surface area contributed by atoms with E-state index in [1.165, 1.54) is 32.1 Å². The zero-order chi connectivity index (χ0) is 11.0. The summed E-state index contributed by atoms with van der Waals surface area (Å²) in [6, 6.07) is 0.537. The van der Waals surface area contributed by atoms with Gasteiger partial charge in [-0.1, -0.05) is 19.3 Å². The lowest BCUT2D eigenvalue weighted by Crippen LogP contribution is -2.13. The molecule has 3 rings (SSSR count). The molecule has 2 fully saturated rings. The van der Waals surface area contributed by atoms with Gasteiger partial charge in [-0.25, -0.2) is 0 Å². The van der Waals surface area contributed by atoms with E-state index in [1.807, 2.05) is 10.9 Å². The number of hydrogen-bond acceptors (Lipinski definition) is 2. The van der Waals surface area contributed by atoms with Gasteiger partial charge in [0.1, 0.15) is 0 Å². The third-order valence-corrected chi connectivity index (χ3v) is 3.78. The molecule has 0 bridgehead atoms. The van der Waals surface area contributed by atoms with E-state index in [1.54, 1.807) is 6.20 Å². The van der Waals surface area contributed by atoms with E-state index < -0.39 is 0 Å². The summed E-state index contributed by atoms with van der Waals surface area (Å²) < 4.78 is 2.02. The first kappa shape index (κ1) is 10.1. The van der Waals surface area contributed by atoms with Crippen LogP contribution in [-0.2, 0) is 0 Å². The van der Waals surface area contributed by atoms with Crippen LogP contribution in [0.5, 0.6) is 0 Å². The number of aromatic nitrogens is 2. The third-order valence-electron chi connectivity index (χ3n) is 3.78. The van der Waals surface area contributed by atoms with Gasteiger partial charge in [0.15, 0.2) is 5.78 Å². The quantitative estimate of drug-likeness (QED) is 0.731. The summed E-state index contributed by atoms with van der Waals surface area (Å²) in [5, 5.41) is 4.37. The summed E-state index contributed by atoms with van der Waals surface area (Å²) in [6.07, 6.45) is 12.3. The lowest BCUT2D eigenvalue weighted by molar-refractivity contribution is 0.0967. The van der Waals surface area contributed by atoms with E-state index in [4.69, 9.17) is 0 Å². The maximum absolute atomic E-state index is 11.8. The second-order valence-electron chi connectivity index (χ2n) is 5.14. The van der Waals surface area contributed by atoms with Gasteiger partial charge in [-0.2, -0.15) is 5.10 Å². The van der Waals surface area contributed by atoms with Crippen molar-refractivity contribution in [3.8, 4) is 0 Å². The number of hydrogen-bond donors (Lipinski definition) is 0. The zero-order valence-corrected chi connectivity index (χ0v) is 9.56. The van der Waals surface area contributed by atoms with E-state index in [-0.39, 0.29) is 0 Å². The highest BCUT2D eigenvalue weighted by molar-refractivity contribution is 5.98. The van der Waals surface area contributed by atoms with Crippen molar-refractivity contribution >= 4 is 5.78 Å². The van der Waals surface area contributed by atoms with E-state index >= 15 is 0 Å². The summed E-state index contributed by atoms with van der Waals surface area (Å²) in [7, 11) is 0. The molecule has 0 N–H and O–H groups in total. The highest BCUT2D eigenvalue weighted by Crippen LogP contribution is 2.33. The fourth-order valence-corrected chi connectivity index (χ4v) is 2.59. The Bertz CT molecular complexity index is 386. The van der Waals surface area contributed by atoms with E-state index in [9.17, 15) is 4.79 Å². The number of ketones is 1. The fourth-order valence-electron chi connectivity index (χ4n) is 2.59. The van der Waals surface area contributed by atoms with Crippen LogP contribution in [0, 0.1) is 5.92 Å². The average molecular weight is 218 g/mol. The molecule has 2 aliphatic rings. The summed E-state index contributed by atoms with van der Waals surface area (Å²) >= 11 is 0. The molecule has 1 aromatic rings. The van der Waals surface area contributed by atoms with Crippen molar-refractivity contribution in [2.75, 3.05) is 0 Å². The highest BCUT2D eigenvalue weighted by Gasteiger charge is 2.31. The maximum atomic E-state index is 11.8. The Kier molecular flexibility index (Phi) is 2.54. The molecule has 3 heteroatoms. The SMILES string of the molecule is O=C(c1cnn(C2CCCCC2)c1)C1CC1. The Morgan fingerprint density at radius 2 is 1.94 bits per heavy atom. The predicted octanol–water partition coefficient (Wildman–Crippen LogP) is 2.98. The molecule has 86 valence electrons. The van der Waals surface area contributed by atoms with Crippen molar-refractivity contribution < 1.29 is 4.79 Å². The van der Waals surface area contributed by atoms with Gasteiger partial charge in [0, 0.05) is 12.1 Å². The van der Waals surface area contributed by atoms with Gasteiger partial charge < -0.3 is 0 Å². The van der Waals surface area contributed by atoms with Gasteiger partial charge in [0.2, 0.25) is 0 Å². The molecule has 2 aliphatic carbocycles. The Balaban J connectivity index is 1.73. The molecule has 2 saturated carbocycles. The number of rotatable bonds is 3. The standard InChI is InChI=1S/C13H18N2O/c16-13(10-6-7-10)11-8-14-15(9-11)12-4-2-1-3-5-12/h8-10,12H,1-7H2. The van der Waals surface area contributed by atoms with Crippen LogP contribution in [0.4, 0.5) is 0 Å². The third kappa shape index (κ3) is 1.91. The van der Waals surface area contributed by atoms with Crippen molar-refractivity contribution in [3.05, 3.63) is 18.0 Å². The number of carbonyl (C=O) groups excluding carboxylic acids is 1. The summed E-state index contributed by atoms with van der Waals surface area (Å²) in [4.78, 5) is 11.8. The van der Waals surface area contributed by atoms with Crippen LogP contribution in [0.3, 0.4) is 0 Å². The van der Waals surface area contributed by atoms with Gasteiger partial charge in [-0.15, -0.1) is 0 Å². The lowest BCUT2D eigenvalue weighted by Gasteiger charge is -2.21. The predicted molar refractivity (Wildman–Crippen MR) is 61.4 cm³/mol. The van der Waals surface area contributed by atoms with Crippen molar-refractivity contribution in [1.29, 1.82) is 0 Å². The number of carbonyl (C=O) groups is 1. The minimum absolute atomic E-state index is 0.307. The molecule has 0 unspecified atom stereocenters. The smallest absolute Gasteiger partial charge is 0.169 e. The van der Waals surface area contributed by atoms with Gasteiger partial charge in [-0.3, -0.25) is 9.48 Å². The van der Waals surface area contributed by atoms with Gasteiger partial charge >= 0.3 is 0 Å². The average Bonchev–Trinajstić information content (AvgIpc) is 3.07. The summed E-state index contributed by atoms with van der Waals surface area (Å²) in [5.41, 5.74) is 0.827. The fraction of sp³-hybridized carbons (Fsp3) is 0.692. The van der Waals surface area contributed by atoms with Crippen LogP contribution in [0.25, 0.3) is 0 Å². The summed E-state index contributed by atoms with van der Waals surface area (Å²) in [6.45, 7) is 0. The molecule has 0 saturated heterocycles. The summed E-state index contributed by atoms with van der Waals surface area (Å²) in [5.74, 6) is 0.617. The lowest BCUT2D eigenvalue weighted by atomic mass is 9.96. The second-order valence-corrected chi connectivity index (χ2v) is 5.14. The van der Waals surface area contributed by atoms with Crippen molar-refractivity contribution in [1.82, 2.24) is 9.78 Å². The minimum atomic E-state index is 0.307. The van der Waals surface area contributed by atoms with Crippen LogP contribution in [0.15, 0.2) is 12.4 Å². The van der Waals surface area contributed by atoms with Gasteiger partial charge in [0.05, 0.1) is 17.8 Å². The normalized spacial score (nSPS) is 22.2. The van der Waals surface area contributed by atoms with Crippen LogP contribution in [0.2, 0.25) is 0 Å². The monoisotopic (exact) mass is 218 g/mol. The Morgan fingerprint density at radius 1 is 1.19 bits per heavy atom. The van der Waals surface area contributed by atoms with Crippen molar-refractivity contribution in [2.45, 2.75) is 51.0 Å². The first-order valence-corrected chi connectivity index (χ1v) is 6.43. The molecule has 1 aromatic heterocycles. The molecule has 16 heavy (non-hydrogen) atoms. The van der Waals surface area contributed by atoms with E-state index in [0.717, 1.165) is 18.4 Å². The molecule has 1 heterocycles. The van der Waals surface area contributed by atoms with Gasteiger partial charge in [-0.05, 0) is 25.7 Å². The molecular weight excluding hydrogens is 200 g/mol. The van der Waals surface area contributed by atoms with E-state index in [2.05, 4.69) is 5.10 Å². The van der Waals surface area contributed by atoms with Crippen LogP contribution >= 0.6 is 0 Å². The largest absolute Gasteiger partial charge is 0.294 e. The minimum Gasteiger partial charge on any atom is -0.294 e. The molecule has 0 atom stereocenters. The number of nitrogens with zero attached hydrogens (tertiary/aromatic N) is 2. The van der Waals surface area contributed by atoms with Crippen molar-refractivity contribution in [2.24, 2.45) is 5.92 Å². The van der Waals surface area contributed by atoms with E-state index in [0.29, 0.717) is 17.7 Å². The Hall–Kier alpha value is -1.12. The molecule has 0 aliphatic heterocycles. The molecule has 0 aromatic carbocycles. The first-order valence-electron chi connectivity index (χ1n) is 6.43. The Labute approximate surface area is 95.8 Å². The molecule has 3 nitrogen and oxygen atoms in total. The molecule has 0 radical (unpaired) electrons. The van der Waals surface area contributed by atoms with Crippen LogP contribution in [-0.4, -0.2) is 15.6 Å². The van der Waals surface area contributed by atoms with Gasteiger partial charge in [0.25, 0.3) is 0 Å². The van der Waals surface area contributed by atoms with Crippen molar-refractivity contribution in [3.63, 3.8) is 0 Å².